The zero-order valence-corrected chi connectivity index (χ0v) is 11.6. The van der Waals surface area contributed by atoms with E-state index in [1.165, 1.54) is 32.1 Å². The molecule has 2 heterocycles. The highest BCUT2D eigenvalue weighted by Gasteiger charge is 2.14. The van der Waals surface area contributed by atoms with Crippen molar-refractivity contribution in [1.29, 1.82) is 0 Å². The molecule has 1 aromatic rings. The molecule has 0 radical (unpaired) electrons. The van der Waals surface area contributed by atoms with E-state index in [1.807, 2.05) is 0 Å². The molecule has 1 saturated heterocycles. The van der Waals surface area contributed by atoms with Gasteiger partial charge in [-0.25, -0.2) is 0 Å². The molecule has 18 heavy (non-hydrogen) atoms. The Morgan fingerprint density at radius 3 is 2.56 bits per heavy atom. The third kappa shape index (κ3) is 4.02. The van der Waals surface area contributed by atoms with Crippen molar-refractivity contribution < 1.29 is 4.42 Å². The Kier molecular flexibility index (Phi) is 5.05. The molecule has 0 atom stereocenters. The molecule has 0 aliphatic carbocycles. The van der Waals surface area contributed by atoms with Crippen LogP contribution in [0.2, 0.25) is 0 Å². The molecule has 0 bridgehead atoms. The lowest BCUT2D eigenvalue weighted by atomic mass is 10.1. The minimum absolute atomic E-state index is 0.479. The lowest BCUT2D eigenvalue weighted by Gasteiger charge is -2.22. The van der Waals surface area contributed by atoms with E-state index in [-0.39, 0.29) is 0 Å². The van der Waals surface area contributed by atoms with Crippen LogP contribution < -0.4 is 10.2 Å². The van der Waals surface area contributed by atoms with Gasteiger partial charge in [-0.2, -0.15) is 4.98 Å². The zero-order chi connectivity index (χ0) is 12.8. The molecule has 0 saturated carbocycles. The molecule has 2 rings (SSSR count). The summed E-state index contributed by atoms with van der Waals surface area (Å²) in [6.07, 6.45) is 8.33. The Bertz CT molecular complexity index is 341. The van der Waals surface area contributed by atoms with Gasteiger partial charge in [-0.1, -0.05) is 33.1 Å². The Morgan fingerprint density at radius 2 is 1.89 bits per heavy atom. The highest BCUT2D eigenvalue weighted by Crippen LogP contribution is 2.18. The van der Waals surface area contributed by atoms with Gasteiger partial charge in [0.15, 0.2) is 0 Å². The highest BCUT2D eigenvalue weighted by atomic mass is 16.4. The summed E-state index contributed by atoms with van der Waals surface area (Å²) in [6.45, 7) is 7.22. The third-order valence-corrected chi connectivity index (χ3v) is 3.36. The van der Waals surface area contributed by atoms with Crippen LogP contribution in [0.5, 0.6) is 0 Å². The number of hydrogen-bond donors (Lipinski definition) is 1. The van der Waals surface area contributed by atoms with E-state index in [4.69, 9.17) is 4.42 Å². The first-order chi connectivity index (χ1) is 8.75. The summed E-state index contributed by atoms with van der Waals surface area (Å²) in [5.74, 6) is 0. The van der Waals surface area contributed by atoms with Gasteiger partial charge in [0, 0.05) is 25.7 Å². The maximum Gasteiger partial charge on any atom is 0.297 e. The largest absolute Gasteiger partial charge is 0.432 e. The number of rotatable bonds is 4. The Morgan fingerprint density at radius 1 is 1.22 bits per heavy atom. The fourth-order valence-corrected chi connectivity index (χ4v) is 2.27. The van der Waals surface area contributed by atoms with E-state index in [0.29, 0.717) is 6.04 Å². The number of hydrogen-bond acceptors (Lipinski definition) is 4. The van der Waals surface area contributed by atoms with Crippen molar-refractivity contribution >= 4 is 6.01 Å². The zero-order valence-electron chi connectivity index (χ0n) is 11.6. The quantitative estimate of drug-likeness (QED) is 0.893. The van der Waals surface area contributed by atoms with Crippen LogP contribution in [0.25, 0.3) is 0 Å². The third-order valence-electron chi connectivity index (χ3n) is 3.36. The van der Waals surface area contributed by atoms with Gasteiger partial charge < -0.3 is 14.6 Å². The molecule has 0 unspecified atom stereocenters. The number of nitrogens with zero attached hydrogens (tertiary/aromatic N) is 2. The molecular formula is C14H25N3O. The van der Waals surface area contributed by atoms with E-state index < -0.39 is 0 Å². The molecule has 1 aliphatic heterocycles. The smallest absolute Gasteiger partial charge is 0.297 e. The van der Waals surface area contributed by atoms with Crippen LogP contribution in [-0.4, -0.2) is 24.1 Å². The predicted molar refractivity (Wildman–Crippen MR) is 73.8 cm³/mol. The number of oxazole rings is 1. The molecule has 1 N–H and O–H groups in total. The van der Waals surface area contributed by atoms with Crippen molar-refractivity contribution in [3.8, 4) is 0 Å². The Hall–Kier alpha value is -1.03. The van der Waals surface area contributed by atoms with Crippen molar-refractivity contribution in [1.82, 2.24) is 10.3 Å². The summed E-state index contributed by atoms with van der Waals surface area (Å²) in [7, 11) is 0. The van der Waals surface area contributed by atoms with Crippen LogP contribution in [0.15, 0.2) is 10.7 Å². The second kappa shape index (κ2) is 6.78. The van der Waals surface area contributed by atoms with Crippen LogP contribution in [0.4, 0.5) is 6.01 Å². The second-order valence-electron chi connectivity index (χ2n) is 5.41. The standard InChI is InChI=1S/C14H25N3O/c1-12(2)15-10-13-11-18-14(16-13)17-8-6-4-3-5-7-9-17/h11-12,15H,3-10H2,1-2H3. The minimum atomic E-state index is 0.479. The summed E-state index contributed by atoms with van der Waals surface area (Å²) < 4.78 is 5.61. The molecular weight excluding hydrogens is 226 g/mol. The van der Waals surface area contributed by atoms with Gasteiger partial charge >= 0.3 is 0 Å². The molecule has 0 amide bonds. The summed E-state index contributed by atoms with van der Waals surface area (Å²) in [6, 6.07) is 1.28. The molecule has 102 valence electrons. The lowest BCUT2D eigenvalue weighted by molar-refractivity contribution is 0.492. The molecule has 0 aromatic carbocycles. The maximum absolute atomic E-state index is 5.61. The van der Waals surface area contributed by atoms with Crippen molar-refractivity contribution in [2.75, 3.05) is 18.0 Å². The number of aromatic nitrogens is 1. The van der Waals surface area contributed by atoms with Gasteiger partial charge in [-0.15, -0.1) is 0 Å². The van der Waals surface area contributed by atoms with Crippen LogP contribution >= 0.6 is 0 Å². The molecule has 4 nitrogen and oxygen atoms in total. The normalized spacial score (nSPS) is 17.8. The first kappa shape index (κ1) is 13.4. The van der Waals surface area contributed by atoms with Crippen molar-refractivity contribution in [3.63, 3.8) is 0 Å². The average Bonchev–Trinajstić information content (AvgIpc) is 2.74. The van der Waals surface area contributed by atoms with Crippen LogP contribution in [0.1, 0.15) is 51.6 Å². The molecule has 0 spiro atoms. The van der Waals surface area contributed by atoms with Crippen molar-refractivity contribution in [2.45, 2.75) is 58.5 Å². The fraction of sp³-hybridized carbons (Fsp3) is 0.786. The van der Waals surface area contributed by atoms with E-state index in [9.17, 15) is 0 Å². The molecule has 1 aliphatic rings. The lowest BCUT2D eigenvalue weighted by Crippen LogP contribution is -2.27. The molecule has 1 aromatic heterocycles. The van der Waals surface area contributed by atoms with Gasteiger partial charge in [-0.3, -0.25) is 0 Å². The highest BCUT2D eigenvalue weighted by molar-refractivity contribution is 5.26. The minimum Gasteiger partial charge on any atom is -0.432 e. The summed E-state index contributed by atoms with van der Waals surface area (Å²) in [5, 5.41) is 3.36. The topological polar surface area (TPSA) is 41.3 Å². The first-order valence-electron chi connectivity index (χ1n) is 7.18. The maximum atomic E-state index is 5.61. The number of nitrogens with one attached hydrogen (secondary N) is 1. The van der Waals surface area contributed by atoms with Gasteiger partial charge in [0.1, 0.15) is 6.26 Å². The van der Waals surface area contributed by atoms with E-state index >= 15 is 0 Å². The summed E-state index contributed by atoms with van der Waals surface area (Å²) in [4.78, 5) is 6.86. The van der Waals surface area contributed by atoms with Gasteiger partial charge in [0.2, 0.25) is 0 Å². The van der Waals surface area contributed by atoms with E-state index in [1.54, 1.807) is 6.26 Å². The van der Waals surface area contributed by atoms with Crippen LogP contribution in [0, 0.1) is 0 Å². The Labute approximate surface area is 110 Å². The number of anilines is 1. The summed E-state index contributed by atoms with van der Waals surface area (Å²) in [5.41, 5.74) is 1.00. The van der Waals surface area contributed by atoms with E-state index in [0.717, 1.165) is 31.3 Å². The predicted octanol–water partition coefficient (Wildman–Crippen LogP) is 2.94. The van der Waals surface area contributed by atoms with Crippen LogP contribution in [-0.2, 0) is 6.54 Å². The Balaban J connectivity index is 1.90. The van der Waals surface area contributed by atoms with Gasteiger partial charge in [0.25, 0.3) is 6.01 Å². The van der Waals surface area contributed by atoms with Gasteiger partial charge in [0.05, 0.1) is 5.69 Å². The second-order valence-corrected chi connectivity index (χ2v) is 5.41. The van der Waals surface area contributed by atoms with Crippen molar-refractivity contribution in [3.05, 3.63) is 12.0 Å². The monoisotopic (exact) mass is 251 g/mol. The molecule has 4 heteroatoms. The van der Waals surface area contributed by atoms with Gasteiger partial charge in [-0.05, 0) is 12.8 Å². The average molecular weight is 251 g/mol. The summed E-state index contributed by atoms with van der Waals surface area (Å²) >= 11 is 0. The van der Waals surface area contributed by atoms with Crippen LogP contribution in [0.3, 0.4) is 0 Å². The SMILES string of the molecule is CC(C)NCc1coc(N2CCCCCCC2)n1. The fourth-order valence-electron chi connectivity index (χ4n) is 2.27. The first-order valence-corrected chi connectivity index (χ1v) is 7.18. The van der Waals surface area contributed by atoms with Crippen molar-refractivity contribution in [2.24, 2.45) is 0 Å². The van der Waals surface area contributed by atoms with E-state index in [2.05, 4.69) is 29.0 Å². The molecule has 1 fully saturated rings.